The van der Waals surface area contributed by atoms with E-state index in [1.807, 2.05) is 6.92 Å². The molecule has 2 aliphatic rings. The molecule has 96 valence electrons. The van der Waals surface area contributed by atoms with Gasteiger partial charge in [-0.15, -0.1) is 0 Å². The summed E-state index contributed by atoms with van der Waals surface area (Å²) in [6.45, 7) is 2.67. The van der Waals surface area contributed by atoms with Crippen LogP contribution in [0.25, 0.3) is 0 Å². The zero-order valence-corrected chi connectivity index (χ0v) is 10.7. The van der Waals surface area contributed by atoms with Gasteiger partial charge in [0.2, 0.25) is 0 Å². The number of aliphatic hydroxyl groups is 1. The highest BCUT2D eigenvalue weighted by atomic mass is 16.5. The number of nitrogens with zero attached hydrogens (tertiary/aromatic N) is 1. The first-order chi connectivity index (χ1) is 8.16. The number of ether oxygens (including phenoxy) is 1. The lowest BCUT2D eigenvalue weighted by molar-refractivity contribution is -0.189. The molecule has 0 radical (unpaired) electrons. The standard InChI is InChI=1S/C14H23NO2/c1-2-17-12-9-14(16,10-12)13(11-15)7-5-3-4-6-8-13/h12,16H,2-10H2,1H3. The molecule has 0 unspecified atom stereocenters. The first-order valence-corrected chi connectivity index (χ1v) is 6.91. The minimum absolute atomic E-state index is 0.165. The Morgan fingerprint density at radius 1 is 1.24 bits per heavy atom. The zero-order chi connectivity index (χ0) is 12.4. The molecule has 0 bridgehead atoms. The third kappa shape index (κ3) is 2.21. The number of nitriles is 1. The van der Waals surface area contributed by atoms with Gasteiger partial charge in [-0.25, -0.2) is 0 Å². The van der Waals surface area contributed by atoms with E-state index in [0.29, 0.717) is 19.4 Å². The lowest BCUT2D eigenvalue weighted by Gasteiger charge is -2.52. The lowest BCUT2D eigenvalue weighted by Crippen LogP contribution is -2.59. The monoisotopic (exact) mass is 237 g/mol. The zero-order valence-electron chi connectivity index (χ0n) is 10.7. The van der Waals surface area contributed by atoms with Gasteiger partial charge in [0.25, 0.3) is 0 Å². The Balaban J connectivity index is 2.05. The molecule has 0 atom stereocenters. The molecule has 17 heavy (non-hydrogen) atoms. The van der Waals surface area contributed by atoms with Crippen molar-refractivity contribution in [2.45, 2.75) is 70.0 Å². The van der Waals surface area contributed by atoms with Crippen LogP contribution < -0.4 is 0 Å². The molecule has 0 aromatic rings. The molecule has 2 aliphatic carbocycles. The Kier molecular flexibility index (Phi) is 3.75. The van der Waals surface area contributed by atoms with Gasteiger partial charge in [0.05, 0.1) is 23.2 Å². The second kappa shape index (κ2) is 4.96. The van der Waals surface area contributed by atoms with Gasteiger partial charge in [-0.05, 0) is 19.8 Å². The van der Waals surface area contributed by atoms with Crippen LogP contribution in [0.3, 0.4) is 0 Å². The summed E-state index contributed by atoms with van der Waals surface area (Å²) in [6, 6.07) is 2.46. The maximum atomic E-state index is 10.7. The van der Waals surface area contributed by atoms with E-state index < -0.39 is 11.0 Å². The molecule has 2 saturated carbocycles. The average molecular weight is 237 g/mol. The molecule has 2 fully saturated rings. The second-order valence-corrected chi connectivity index (χ2v) is 5.63. The van der Waals surface area contributed by atoms with Gasteiger partial charge in [0.1, 0.15) is 0 Å². The molecule has 3 nitrogen and oxygen atoms in total. The highest BCUT2D eigenvalue weighted by molar-refractivity contribution is 5.17. The predicted molar refractivity (Wildman–Crippen MR) is 65.3 cm³/mol. The molecule has 0 aromatic carbocycles. The fourth-order valence-corrected chi connectivity index (χ4v) is 3.45. The highest BCUT2D eigenvalue weighted by Crippen LogP contribution is 2.53. The molecular weight excluding hydrogens is 214 g/mol. The van der Waals surface area contributed by atoms with Crippen LogP contribution in [0, 0.1) is 16.7 Å². The largest absolute Gasteiger partial charge is 0.388 e. The fourth-order valence-electron chi connectivity index (χ4n) is 3.45. The Hall–Kier alpha value is -0.590. The Morgan fingerprint density at radius 3 is 2.29 bits per heavy atom. The van der Waals surface area contributed by atoms with Gasteiger partial charge in [0.15, 0.2) is 0 Å². The Bertz CT molecular complexity index is 294. The van der Waals surface area contributed by atoms with Gasteiger partial charge in [-0.1, -0.05) is 25.7 Å². The topological polar surface area (TPSA) is 53.2 Å². The summed E-state index contributed by atoms with van der Waals surface area (Å²) in [5.41, 5.74) is -1.29. The van der Waals surface area contributed by atoms with Crippen molar-refractivity contribution in [2.24, 2.45) is 5.41 Å². The summed E-state index contributed by atoms with van der Waals surface area (Å²) in [5, 5.41) is 20.2. The van der Waals surface area contributed by atoms with Gasteiger partial charge < -0.3 is 9.84 Å². The maximum absolute atomic E-state index is 10.7. The van der Waals surface area contributed by atoms with Crippen LogP contribution in [0.4, 0.5) is 0 Å². The van der Waals surface area contributed by atoms with Crippen LogP contribution in [-0.2, 0) is 4.74 Å². The Labute approximate surface area is 104 Å². The van der Waals surface area contributed by atoms with Gasteiger partial charge in [-0.3, -0.25) is 0 Å². The van der Waals surface area contributed by atoms with Crippen molar-refractivity contribution in [3.63, 3.8) is 0 Å². The van der Waals surface area contributed by atoms with Crippen LogP contribution in [0.15, 0.2) is 0 Å². The number of hydrogen-bond donors (Lipinski definition) is 1. The Morgan fingerprint density at radius 2 is 1.82 bits per heavy atom. The molecule has 0 amide bonds. The van der Waals surface area contributed by atoms with Crippen molar-refractivity contribution in [1.29, 1.82) is 5.26 Å². The molecular formula is C14H23NO2. The van der Waals surface area contributed by atoms with Gasteiger partial charge in [-0.2, -0.15) is 5.26 Å². The van der Waals surface area contributed by atoms with Crippen molar-refractivity contribution in [1.82, 2.24) is 0 Å². The summed E-state index contributed by atoms with van der Waals surface area (Å²) in [5.74, 6) is 0. The average Bonchev–Trinajstić information content (AvgIpc) is 2.53. The molecule has 0 spiro atoms. The molecule has 0 saturated heterocycles. The van der Waals surface area contributed by atoms with Crippen LogP contribution in [0.1, 0.15) is 58.3 Å². The van der Waals surface area contributed by atoms with E-state index in [1.54, 1.807) is 0 Å². The summed E-state index contributed by atoms with van der Waals surface area (Å²) < 4.78 is 5.52. The quantitative estimate of drug-likeness (QED) is 0.768. The van der Waals surface area contributed by atoms with Crippen molar-refractivity contribution in [2.75, 3.05) is 6.61 Å². The van der Waals surface area contributed by atoms with Crippen molar-refractivity contribution >= 4 is 0 Å². The molecule has 1 N–H and O–H groups in total. The van der Waals surface area contributed by atoms with Crippen LogP contribution >= 0.6 is 0 Å². The van der Waals surface area contributed by atoms with E-state index in [2.05, 4.69) is 6.07 Å². The van der Waals surface area contributed by atoms with Crippen molar-refractivity contribution < 1.29 is 9.84 Å². The maximum Gasteiger partial charge on any atom is 0.0882 e. The van der Waals surface area contributed by atoms with Crippen LogP contribution in [0.5, 0.6) is 0 Å². The molecule has 0 aliphatic heterocycles. The van der Waals surface area contributed by atoms with Gasteiger partial charge in [0, 0.05) is 19.4 Å². The van der Waals surface area contributed by atoms with E-state index >= 15 is 0 Å². The molecule has 0 aromatic heterocycles. The van der Waals surface area contributed by atoms with Crippen molar-refractivity contribution in [3.05, 3.63) is 0 Å². The summed E-state index contributed by atoms with van der Waals surface area (Å²) in [4.78, 5) is 0. The number of rotatable bonds is 3. The lowest BCUT2D eigenvalue weighted by atomic mass is 9.57. The van der Waals surface area contributed by atoms with Gasteiger partial charge >= 0.3 is 0 Å². The third-order valence-electron chi connectivity index (χ3n) is 4.59. The molecule has 0 heterocycles. The number of hydrogen-bond acceptors (Lipinski definition) is 3. The van der Waals surface area contributed by atoms with Crippen LogP contribution in [0.2, 0.25) is 0 Å². The minimum Gasteiger partial charge on any atom is -0.388 e. The summed E-state index contributed by atoms with van der Waals surface area (Å²) >= 11 is 0. The van der Waals surface area contributed by atoms with E-state index in [4.69, 9.17) is 4.74 Å². The first-order valence-electron chi connectivity index (χ1n) is 6.91. The summed E-state index contributed by atoms with van der Waals surface area (Å²) in [7, 11) is 0. The molecule has 3 heteroatoms. The van der Waals surface area contributed by atoms with Crippen molar-refractivity contribution in [3.8, 4) is 6.07 Å². The normalized spacial score (nSPS) is 36.6. The SMILES string of the molecule is CCOC1CC(O)(C2(C#N)CCCCCC2)C1. The third-order valence-corrected chi connectivity index (χ3v) is 4.59. The fraction of sp³-hybridized carbons (Fsp3) is 0.929. The van der Waals surface area contributed by atoms with Crippen LogP contribution in [-0.4, -0.2) is 23.4 Å². The smallest absolute Gasteiger partial charge is 0.0882 e. The van der Waals surface area contributed by atoms with E-state index in [-0.39, 0.29) is 6.10 Å². The molecule has 2 rings (SSSR count). The van der Waals surface area contributed by atoms with E-state index in [1.165, 1.54) is 12.8 Å². The minimum atomic E-state index is -0.786. The highest BCUT2D eigenvalue weighted by Gasteiger charge is 2.58. The van der Waals surface area contributed by atoms with E-state index in [9.17, 15) is 10.4 Å². The second-order valence-electron chi connectivity index (χ2n) is 5.63. The first kappa shape index (κ1) is 12.9. The predicted octanol–water partition coefficient (Wildman–Crippen LogP) is 2.78. The van der Waals surface area contributed by atoms with E-state index in [0.717, 1.165) is 25.7 Å². The summed E-state index contributed by atoms with van der Waals surface area (Å²) in [6.07, 6.45) is 7.74.